The second-order valence-corrected chi connectivity index (χ2v) is 11.8. The molecule has 1 saturated carbocycles. The molecule has 0 unspecified atom stereocenters. The summed E-state index contributed by atoms with van der Waals surface area (Å²) in [6.07, 6.45) is 5.91. The standard InChI is InChI=1S/C33H40N4O4/c1-21-16-22(2)32(23(3)17-21)37(14-13-35-11-5-6-31(35)38)30-20-27-26-19-28(40-4)29(41-15-10-24-7-8-24)18-25(26)9-12-36(27)33(39)34-30/h16-20,24H,5-15H2,1-4H3. The van der Waals surface area contributed by atoms with E-state index in [1.165, 1.54) is 18.4 Å². The van der Waals surface area contributed by atoms with Crippen molar-refractivity contribution in [3.63, 3.8) is 0 Å². The summed E-state index contributed by atoms with van der Waals surface area (Å²) in [6, 6.07) is 10.4. The number of rotatable bonds is 10. The lowest BCUT2D eigenvalue weighted by atomic mass is 9.96. The number of fused-ring (bicyclic) bond motifs is 3. The van der Waals surface area contributed by atoms with Gasteiger partial charge in [0.05, 0.1) is 19.4 Å². The van der Waals surface area contributed by atoms with Crippen LogP contribution >= 0.6 is 0 Å². The van der Waals surface area contributed by atoms with Crippen molar-refractivity contribution in [2.45, 2.75) is 65.8 Å². The van der Waals surface area contributed by atoms with E-state index >= 15 is 0 Å². The van der Waals surface area contributed by atoms with Gasteiger partial charge in [-0.15, -0.1) is 0 Å². The molecule has 0 atom stereocenters. The summed E-state index contributed by atoms with van der Waals surface area (Å²) in [5.41, 5.74) is 7.12. The molecular formula is C33H40N4O4. The largest absolute Gasteiger partial charge is 0.493 e. The predicted octanol–water partition coefficient (Wildman–Crippen LogP) is 5.34. The smallest absolute Gasteiger partial charge is 0.350 e. The highest BCUT2D eigenvalue weighted by Crippen LogP contribution is 2.40. The van der Waals surface area contributed by atoms with Crippen LogP contribution in [0, 0.1) is 26.7 Å². The number of hydrogen-bond acceptors (Lipinski definition) is 6. The second kappa shape index (κ2) is 11.2. The molecular weight excluding hydrogens is 516 g/mol. The number of anilines is 2. The molecule has 3 aromatic rings. The number of nitrogens with zero attached hydrogens (tertiary/aromatic N) is 4. The van der Waals surface area contributed by atoms with Gasteiger partial charge in [0.15, 0.2) is 11.5 Å². The summed E-state index contributed by atoms with van der Waals surface area (Å²) < 4.78 is 13.7. The first-order valence-electron chi connectivity index (χ1n) is 14.9. The molecule has 6 rings (SSSR count). The fraction of sp³-hybridized carbons (Fsp3) is 0.485. The van der Waals surface area contributed by atoms with Crippen LogP contribution in [0.5, 0.6) is 11.5 Å². The molecule has 0 radical (unpaired) electrons. The highest BCUT2D eigenvalue weighted by atomic mass is 16.5. The van der Waals surface area contributed by atoms with E-state index in [4.69, 9.17) is 9.47 Å². The van der Waals surface area contributed by atoms with Crippen LogP contribution in [-0.4, -0.2) is 53.7 Å². The van der Waals surface area contributed by atoms with Gasteiger partial charge in [-0.2, -0.15) is 4.98 Å². The molecule has 216 valence electrons. The van der Waals surface area contributed by atoms with E-state index < -0.39 is 0 Å². The molecule has 0 bridgehead atoms. The van der Waals surface area contributed by atoms with E-state index in [0.717, 1.165) is 71.1 Å². The normalized spacial score (nSPS) is 16.0. The van der Waals surface area contributed by atoms with E-state index in [1.54, 1.807) is 11.7 Å². The number of likely N-dealkylation sites (tertiary alicyclic amines) is 1. The number of amides is 1. The lowest BCUT2D eigenvalue weighted by molar-refractivity contribution is -0.127. The molecule has 8 nitrogen and oxygen atoms in total. The Morgan fingerprint density at radius 1 is 0.976 bits per heavy atom. The number of benzene rings is 2. The first-order valence-corrected chi connectivity index (χ1v) is 14.9. The number of carbonyl (C=O) groups is 1. The average Bonchev–Trinajstić information content (AvgIpc) is 3.68. The van der Waals surface area contributed by atoms with Crippen LogP contribution in [-0.2, 0) is 17.8 Å². The minimum atomic E-state index is -0.267. The number of aryl methyl sites for hydroxylation is 4. The van der Waals surface area contributed by atoms with E-state index in [1.807, 2.05) is 17.0 Å². The van der Waals surface area contributed by atoms with Crippen LogP contribution in [0.25, 0.3) is 11.3 Å². The Bertz CT molecular complexity index is 1520. The Labute approximate surface area is 241 Å². The molecule has 0 spiro atoms. The molecule has 3 aliphatic rings. The topological polar surface area (TPSA) is 76.9 Å². The van der Waals surface area contributed by atoms with E-state index in [0.29, 0.717) is 44.2 Å². The van der Waals surface area contributed by atoms with Crippen LogP contribution in [0.2, 0.25) is 0 Å². The maximum absolute atomic E-state index is 13.5. The highest BCUT2D eigenvalue weighted by molar-refractivity contribution is 5.78. The third-order valence-electron chi connectivity index (χ3n) is 8.70. The molecule has 1 amide bonds. The summed E-state index contributed by atoms with van der Waals surface area (Å²) in [6.45, 7) is 9.44. The first-order chi connectivity index (χ1) is 19.8. The maximum atomic E-state index is 13.5. The van der Waals surface area contributed by atoms with Gasteiger partial charge in [0.1, 0.15) is 5.82 Å². The summed E-state index contributed by atoms with van der Waals surface area (Å²) in [7, 11) is 1.66. The molecule has 41 heavy (non-hydrogen) atoms. The Balaban J connectivity index is 1.40. The zero-order valence-electron chi connectivity index (χ0n) is 24.7. The fourth-order valence-electron chi connectivity index (χ4n) is 6.47. The number of ether oxygens (including phenoxy) is 2. The zero-order chi connectivity index (χ0) is 28.7. The third-order valence-corrected chi connectivity index (χ3v) is 8.70. The van der Waals surface area contributed by atoms with Gasteiger partial charge >= 0.3 is 5.69 Å². The fourth-order valence-corrected chi connectivity index (χ4v) is 6.47. The van der Waals surface area contributed by atoms with Crippen LogP contribution in [0.4, 0.5) is 11.5 Å². The van der Waals surface area contributed by atoms with Gasteiger partial charge in [-0.25, -0.2) is 4.79 Å². The average molecular weight is 557 g/mol. The SMILES string of the molecule is COc1cc2c(cc1OCCC1CC1)CCn1c-2cc(N(CCN2CCCC2=O)c2c(C)cc(C)cc2C)nc1=O. The number of methoxy groups -OCH3 is 1. The molecule has 1 aliphatic carbocycles. The van der Waals surface area contributed by atoms with E-state index in [2.05, 4.69) is 48.9 Å². The summed E-state index contributed by atoms with van der Waals surface area (Å²) in [4.78, 5) is 34.6. The van der Waals surface area contributed by atoms with Crippen LogP contribution in [0.1, 0.15) is 54.4 Å². The molecule has 1 aromatic heterocycles. The molecule has 2 aromatic carbocycles. The van der Waals surface area contributed by atoms with Gasteiger partial charge in [0.2, 0.25) is 5.91 Å². The van der Waals surface area contributed by atoms with Crippen LogP contribution in [0.3, 0.4) is 0 Å². The first kappa shape index (κ1) is 27.4. The van der Waals surface area contributed by atoms with Gasteiger partial charge in [0.25, 0.3) is 0 Å². The second-order valence-electron chi connectivity index (χ2n) is 11.8. The van der Waals surface area contributed by atoms with Crippen LogP contribution < -0.4 is 20.1 Å². The Morgan fingerprint density at radius 2 is 1.76 bits per heavy atom. The minimum absolute atomic E-state index is 0.192. The van der Waals surface area contributed by atoms with Crippen molar-refractivity contribution in [1.29, 1.82) is 0 Å². The van der Waals surface area contributed by atoms with Crippen molar-refractivity contribution < 1.29 is 14.3 Å². The van der Waals surface area contributed by atoms with Crippen molar-refractivity contribution in [3.05, 3.63) is 63.1 Å². The van der Waals surface area contributed by atoms with Crippen molar-refractivity contribution in [3.8, 4) is 22.8 Å². The quantitative estimate of drug-likeness (QED) is 0.336. The number of hydrogen-bond donors (Lipinski definition) is 0. The summed E-state index contributed by atoms with van der Waals surface area (Å²) >= 11 is 0. The molecule has 3 heterocycles. The predicted molar refractivity (Wildman–Crippen MR) is 160 cm³/mol. The Hall–Kier alpha value is -3.81. The van der Waals surface area contributed by atoms with E-state index in [-0.39, 0.29) is 11.6 Å². The van der Waals surface area contributed by atoms with Gasteiger partial charge in [0, 0.05) is 49.9 Å². The Kier molecular flexibility index (Phi) is 7.49. The molecule has 8 heteroatoms. The van der Waals surface area contributed by atoms with Gasteiger partial charge < -0.3 is 19.3 Å². The number of carbonyl (C=O) groups excluding carboxylic acids is 1. The number of aromatic nitrogens is 2. The highest BCUT2D eigenvalue weighted by Gasteiger charge is 2.27. The van der Waals surface area contributed by atoms with Crippen molar-refractivity contribution in [2.75, 3.05) is 38.3 Å². The lowest BCUT2D eigenvalue weighted by Crippen LogP contribution is -2.36. The molecule has 1 saturated heterocycles. The van der Waals surface area contributed by atoms with Crippen molar-refractivity contribution in [1.82, 2.24) is 14.5 Å². The minimum Gasteiger partial charge on any atom is -0.493 e. The van der Waals surface area contributed by atoms with Gasteiger partial charge in [-0.1, -0.05) is 30.5 Å². The summed E-state index contributed by atoms with van der Waals surface area (Å²) in [5, 5.41) is 0. The van der Waals surface area contributed by atoms with Gasteiger partial charge in [-0.3, -0.25) is 9.36 Å². The van der Waals surface area contributed by atoms with E-state index in [9.17, 15) is 9.59 Å². The zero-order valence-corrected chi connectivity index (χ0v) is 24.7. The molecule has 2 aliphatic heterocycles. The molecule has 2 fully saturated rings. The van der Waals surface area contributed by atoms with Gasteiger partial charge in [-0.05, 0) is 74.8 Å². The Morgan fingerprint density at radius 3 is 2.44 bits per heavy atom. The molecule has 0 N–H and O–H groups in total. The van der Waals surface area contributed by atoms with Crippen molar-refractivity contribution in [2.24, 2.45) is 5.92 Å². The third kappa shape index (κ3) is 5.56. The van der Waals surface area contributed by atoms with Crippen LogP contribution in [0.15, 0.2) is 35.1 Å². The monoisotopic (exact) mass is 556 g/mol. The lowest BCUT2D eigenvalue weighted by Gasteiger charge is -2.31. The summed E-state index contributed by atoms with van der Waals surface area (Å²) in [5.74, 6) is 3.03. The maximum Gasteiger partial charge on any atom is 0.350 e. The van der Waals surface area contributed by atoms with Crippen molar-refractivity contribution >= 4 is 17.4 Å².